The number of hydrogen-bond acceptors (Lipinski definition) is 4. The molecule has 0 saturated heterocycles. The topological polar surface area (TPSA) is 52.3 Å². The fourth-order valence-corrected chi connectivity index (χ4v) is 4.41. The summed E-state index contributed by atoms with van der Waals surface area (Å²) in [5, 5.41) is 0. The van der Waals surface area contributed by atoms with Gasteiger partial charge in [-0.3, -0.25) is 0 Å². The first-order valence-corrected chi connectivity index (χ1v) is 8.22. The number of carbonyl (C=O) groups excluding carboxylic acids is 1. The molecule has 2 rings (SSSR count). The van der Waals surface area contributed by atoms with E-state index in [0.29, 0.717) is 10.6 Å². The number of rotatable bonds is 3. The number of methoxy groups -OCH3 is 1. The Balaban J connectivity index is 2.70. The molecule has 0 aliphatic rings. The van der Waals surface area contributed by atoms with Crippen LogP contribution in [0.3, 0.4) is 0 Å². The number of thiophene rings is 1. The fraction of sp³-hybridized carbons (Fsp3) is 0.267. The van der Waals surface area contributed by atoms with Crippen LogP contribution in [0.2, 0.25) is 0 Å². The third-order valence-corrected chi connectivity index (χ3v) is 5.23. The molecule has 1 aromatic heterocycles. The molecular weight excluding hydrogens is 404 g/mol. The molecule has 0 atom stereocenters. The summed E-state index contributed by atoms with van der Waals surface area (Å²) in [7, 11) is 1.33. The molecule has 0 spiro atoms. The first-order valence-electron chi connectivity index (χ1n) is 6.32. The second-order valence-corrected chi connectivity index (χ2v) is 7.04. The average molecular weight is 419 g/mol. The maximum absolute atomic E-state index is 13.3. The monoisotopic (exact) mass is 419 g/mol. The molecule has 6 heteroatoms. The summed E-state index contributed by atoms with van der Waals surface area (Å²) in [5.74, 6) is -0.578. The smallest absolute Gasteiger partial charge is 0.350 e. The van der Waals surface area contributed by atoms with Crippen molar-refractivity contribution in [3.63, 3.8) is 0 Å². The predicted molar refractivity (Wildman–Crippen MR) is 92.3 cm³/mol. The van der Waals surface area contributed by atoms with Gasteiger partial charge < -0.3 is 10.5 Å². The van der Waals surface area contributed by atoms with Crippen molar-refractivity contribution in [2.24, 2.45) is 0 Å². The van der Waals surface area contributed by atoms with Crippen molar-refractivity contribution in [2.45, 2.75) is 19.8 Å². The third kappa shape index (κ3) is 3.06. The van der Waals surface area contributed by atoms with Gasteiger partial charge >= 0.3 is 5.97 Å². The molecule has 0 bridgehead atoms. The summed E-state index contributed by atoms with van der Waals surface area (Å²) in [5.41, 5.74) is 8.38. The first kappa shape index (κ1) is 16.2. The molecule has 0 amide bonds. The van der Waals surface area contributed by atoms with Crippen LogP contribution in [0.1, 0.15) is 35.0 Å². The number of carbonyl (C=O) groups is 1. The van der Waals surface area contributed by atoms with E-state index in [2.05, 4.69) is 22.6 Å². The molecule has 1 aromatic carbocycles. The van der Waals surface area contributed by atoms with Gasteiger partial charge in [-0.15, -0.1) is 11.3 Å². The van der Waals surface area contributed by atoms with Gasteiger partial charge in [-0.25, -0.2) is 9.18 Å². The van der Waals surface area contributed by atoms with E-state index in [1.54, 1.807) is 6.07 Å². The van der Waals surface area contributed by atoms with Crippen molar-refractivity contribution < 1.29 is 13.9 Å². The zero-order valence-corrected chi connectivity index (χ0v) is 14.8. The summed E-state index contributed by atoms with van der Waals surface area (Å²) in [4.78, 5) is 13.1. The first-order chi connectivity index (χ1) is 9.86. The second kappa shape index (κ2) is 6.31. The van der Waals surface area contributed by atoms with Crippen molar-refractivity contribution >= 4 is 45.6 Å². The summed E-state index contributed by atoms with van der Waals surface area (Å²) in [6.45, 7) is 4.03. The Morgan fingerprint density at radius 2 is 2.10 bits per heavy atom. The third-order valence-electron chi connectivity index (χ3n) is 3.11. The van der Waals surface area contributed by atoms with Gasteiger partial charge in [0.1, 0.15) is 10.7 Å². The Labute approximate surface area is 140 Å². The maximum atomic E-state index is 13.3. The quantitative estimate of drug-likeness (QED) is 0.582. The molecule has 0 fully saturated rings. The number of nitrogens with two attached hydrogens (primary N) is 1. The zero-order valence-electron chi connectivity index (χ0n) is 11.9. The molecule has 0 unspecified atom stereocenters. The predicted octanol–water partition coefficient (Wildman–Crippen LogP) is 4.65. The standard InChI is InChI=1S/C15H15FINO2S/c1-7(2)11-12(18)14(15(19)20-3)21-13(11)9-5-4-8(16)6-10(9)17/h4-7H,18H2,1-3H3. The van der Waals surface area contributed by atoms with Gasteiger partial charge in [0.2, 0.25) is 0 Å². The van der Waals surface area contributed by atoms with E-state index in [-0.39, 0.29) is 11.7 Å². The van der Waals surface area contributed by atoms with Crippen molar-refractivity contribution in [3.05, 3.63) is 38.0 Å². The normalized spacial score (nSPS) is 11.0. The molecule has 1 heterocycles. The van der Waals surface area contributed by atoms with Gasteiger partial charge in [0, 0.05) is 14.0 Å². The van der Waals surface area contributed by atoms with Crippen LogP contribution in [0.5, 0.6) is 0 Å². The molecule has 112 valence electrons. The Bertz CT molecular complexity index is 697. The minimum atomic E-state index is -0.442. The van der Waals surface area contributed by atoms with Crippen molar-refractivity contribution in [1.29, 1.82) is 0 Å². The van der Waals surface area contributed by atoms with Crippen LogP contribution in [0.4, 0.5) is 10.1 Å². The highest BCUT2D eigenvalue weighted by molar-refractivity contribution is 14.1. The Kier molecular flexibility index (Phi) is 4.88. The van der Waals surface area contributed by atoms with Crippen LogP contribution in [-0.2, 0) is 4.74 Å². The largest absolute Gasteiger partial charge is 0.465 e. The number of esters is 1. The fourth-order valence-electron chi connectivity index (χ4n) is 2.15. The lowest BCUT2D eigenvalue weighted by Crippen LogP contribution is -2.03. The molecular formula is C15H15FINO2S. The molecule has 21 heavy (non-hydrogen) atoms. The van der Waals surface area contributed by atoms with E-state index >= 15 is 0 Å². The lowest BCUT2D eigenvalue weighted by Gasteiger charge is -2.10. The van der Waals surface area contributed by atoms with Crippen molar-refractivity contribution in [3.8, 4) is 10.4 Å². The Morgan fingerprint density at radius 1 is 1.43 bits per heavy atom. The van der Waals surface area contributed by atoms with Crippen LogP contribution in [0.25, 0.3) is 10.4 Å². The number of ether oxygens (including phenoxy) is 1. The summed E-state index contributed by atoms with van der Waals surface area (Å²) in [6, 6.07) is 4.60. The Hall–Kier alpha value is -1.15. The second-order valence-electron chi connectivity index (χ2n) is 4.86. The van der Waals surface area contributed by atoms with E-state index in [9.17, 15) is 9.18 Å². The lowest BCUT2D eigenvalue weighted by atomic mass is 9.98. The highest BCUT2D eigenvalue weighted by atomic mass is 127. The minimum absolute atomic E-state index is 0.149. The van der Waals surface area contributed by atoms with Crippen LogP contribution >= 0.6 is 33.9 Å². The van der Waals surface area contributed by atoms with E-state index in [4.69, 9.17) is 10.5 Å². The average Bonchev–Trinajstić information content (AvgIpc) is 2.75. The Morgan fingerprint density at radius 3 is 2.62 bits per heavy atom. The van der Waals surface area contributed by atoms with Gasteiger partial charge in [-0.05, 0) is 52.3 Å². The minimum Gasteiger partial charge on any atom is -0.465 e. The number of hydrogen-bond donors (Lipinski definition) is 1. The zero-order chi connectivity index (χ0) is 15.7. The van der Waals surface area contributed by atoms with Gasteiger partial charge in [-0.2, -0.15) is 0 Å². The highest BCUT2D eigenvalue weighted by Gasteiger charge is 2.25. The molecule has 0 aliphatic carbocycles. The maximum Gasteiger partial charge on any atom is 0.350 e. The summed E-state index contributed by atoms with van der Waals surface area (Å²) in [6.07, 6.45) is 0. The lowest BCUT2D eigenvalue weighted by molar-refractivity contribution is 0.0607. The van der Waals surface area contributed by atoms with Crippen LogP contribution in [-0.4, -0.2) is 13.1 Å². The van der Waals surface area contributed by atoms with Crippen LogP contribution in [0.15, 0.2) is 18.2 Å². The molecule has 2 N–H and O–H groups in total. The van der Waals surface area contributed by atoms with Gasteiger partial charge in [-0.1, -0.05) is 13.8 Å². The SMILES string of the molecule is COC(=O)c1sc(-c2ccc(F)cc2I)c(C(C)C)c1N. The highest BCUT2D eigenvalue weighted by Crippen LogP contribution is 2.44. The van der Waals surface area contributed by atoms with E-state index in [1.165, 1.54) is 30.6 Å². The van der Waals surface area contributed by atoms with Crippen molar-refractivity contribution in [1.82, 2.24) is 0 Å². The van der Waals surface area contributed by atoms with E-state index in [1.807, 2.05) is 13.8 Å². The molecule has 0 saturated carbocycles. The van der Waals surface area contributed by atoms with E-state index < -0.39 is 5.97 Å². The number of nitrogen functional groups attached to an aromatic ring is 1. The summed E-state index contributed by atoms with van der Waals surface area (Å²) >= 11 is 3.38. The molecule has 2 aromatic rings. The molecule has 3 nitrogen and oxygen atoms in total. The van der Waals surface area contributed by atoms with Gasteiger partial charge in [0.05, 0.1) is 12.8 Å². The van der Waals surface area contributed by atoms with Crippen LogP contribution < -0.4 is 5.73 Å². The van der Waals surface area contributed by atoms with Crippen LogP contribution in [0, 0.1) is 9.39 Å². The summed E-state index contributed by atoms with van der Waals surface area (Å²) < 4.78 is 18.9. The molecule has 0 aliphatic heterocycles. The number of halogens is 2. The van der Waals surface area contributed by atoms with Gasteiger partial charge in [0.25, 0.3) is 0 Å². The number of benzene rings is 1. The van der Waals surface area contributed by atoms with Gasteiger partial charge in [0.15, 0.2) is 0 Å². The van der Waals surface area contributed by atoms with E-state index in [0.717, 1.165) is 19.6 Å². The van der Waals surface area contributed by atoms with Crippen molar-refractivity contribution in [2.75, 3.05) is 12.8 Å². The molecule has 0 radical (unpaired) electrons. The number of anilines is 1.